The van der Waals surface area contributed by atoms with Gasteiger partial charge in [-0.1, -0.05) is 17.7 Å². The second-order valence-electron chi connectivity index (χ2n) is 6.33. The Balaban J connectivity index is 1.81. The van der Waals surface area contributed by atoms with Gasteiger partial charge in [0.15, 0.2) is 5.13 Å². The van der Waals surface area contributed by atoms with Crippen LogP contribution in [-0.2, 0) is 0 Å². The lowest BCUT2D eigenvalue weighted by molar-refractivity contribution is 0.0993. The van der Waals surface area contributed by atoms with Crippen molar-refractivity contribution >= 4 is 28.2 Å². The minimum Gasteiger partial charge on any atom is -0.368 e. The molecule has 2 aromatic heterocycles. The molecule has 0 aliphatic heterocycles. The van der Waals surface area contributed by atoms with Crippen molar-refractivity contribution in [1.82, 2.24) is 15.0 Å². The largest absolute Gasteiger partial charge is 0.368 e. The summed E-state index contributed by atoms with van der Waals surface area (Å²) in [7, 11) is 1.73. The van der Waals surface area contributed by atoms with Crippen molar-refractivity contribution < 1.29 is 4.79 Å². The van der Waals surface area contributed by atoms with Gasteiger partial charge < -0.3 is 5.32 Å². The fourth-order valence-corrected chi connectivity index (χ4v) is 3.17. The normalized spacial score (nSPS) is 10.8. The molecule has 0 aliphatic rings. The number of carbonyl (C=O) groups is 1. The molecule has 1 aromatic carbocycles. The number of carbonyl (C=O) groups excluding carboxylic acids is 1. The van der Waals surface area contributed by atoms with E-state index in [9.17, 15) is 4.79 Å². The van der Waals surface area contributed by atoms with Gasteiger partial charge in [0.05, 0.1) is 5.69 Å². The molecular formula is C19H21N5OS. The van der Waals surface area contributed by atoms with Crippen LogP contribution in [0.5, 0.6) is 0 Å². The lowest BCUT2D eigenvalue weighted by atomic mass is 10.2. The summed E-state index contributed by atoms with van der Waals surface area (Å²) in [5, 5.41) is 5.77. The molecule has 0 fully saturated rings. The van der Waals surface area contributed by atoms with Gasteiger partial charge in [-0.25, -0.2) is 15.0 Å². The van der Waals surface area contributed by atoms with Crippen LogP contribution in [0.3, 0.4) is 0 Å². The highest BCUT2D eigenvalue weighted by atomic mass is 32.1. The number of nitrogens with zero attached hydrogens (tertiary/aromatic N) is 4. The van der Waals surface area contributed by atoms with Crippen LogP contribution < -0.4 is 10.2 Å². The van der Waals surface area contributed by atoms with E-state index < -0.39 is 0 Å². The Morgan fingerprint density at radius 3 is 2.62 bits per heavy atom. The van der Waals surface area contributed by atoms with Crippen molar-refractivity contribution in [3.63, 3.8) is 0 Å². The van der Waals surface area contributed by atoms with Crippen molar-refractivity contribution in [2.75, 3.05) is 17.3 Å². The average Bonchev–Trinajstić information content (AvgIpc) is 3.11. The third-order valence-corrected chi connectivity index (χ3v) is 4.67. The average molecular weight is 369 g/mol. The maximum Gasteiger partial charge on any atom is 0.259 e. The number of benzene rings is 1. The molecule has 3 aromatic rings. The van der Waals surface area contributed by atoms with E-state index in [1.165, 1.54) is 17.7 Å². The number of thiazole rings is 1. The first-order valence-electron chi connectivity index (χ1n) is 8.33. The molecule has 0 saturated heterocycles. The Hall–Kier alpha value is -2.80. The molecule has 0 unspecified atom stereocenters. The van der Waals surface area contributed by atoms with Crippen LogP contribution in [0.4, 0.5) is 10.9 Å². The van der Waals surface area contributed by atoms with E-state index in [1.807, 2.05) is 56.5 Å². The molecule has 3 rings (SSSR count). The molecule has 26 heavy (non-hydrogen) atoms. The lowest BCUT2D eigenvalue weighted by Gasteiger charge is -2.13. The highest BCUT2D eigenvalue weighted by molar-refractivity contribution is 7.14. The van der Waals surface area contributed by atoms with Gasteiger partial charge in [0.1, 0.15) is 17.8 Å². The molecule has 0 radical (unpaired) electrons. The summed E-state index contributed by atoms with van der Waals surface area (Å²) in [6.07, 6.45) is 1.51. The summed E-state index contributed by atoms with van der Waals surface area (Å²) < 4.78 is 0. The second-order valence-corrected chi connectivity index (χ2v) is 7.17. The number of hydrogen-bond acceptors (Lipinski definition) is 6. The Kier molecular flexibility index (Phi) is 5.27. The Bertz CT molecular complexity index is 904. The van der Waals surface area contributed by atoms with Gasteiger partial charge in [-0.05, 0) is 32.9 Å². The van der Waals surface area contributed by atoms with Crippen LogP contribution in [0.2, 0.25) is 0 Å². The minimum atomic E-state index is -0.0873. The molecule has 134 valence electrons. The molecule has 7 heteroatoms. The number of amides is 1. The van der Waals surface area contributed by atoms with Crippen LogP contribution in [0.25, 0.3) is 11.4 Å². The number of aromatic nitrogens is 3. The van der Waals surface area contributed by atoms with Gasteiger partial charge in [0.2, 0.25) is 0 Å². The van der Waals surface area contributed by atoms with Gasteiger partial charge in [0, 0.05) is 30.1 Å². The summed E-state index contributed by atoms with van der Waals surface area (Å²) >= 11 is 1.41. The summed E-state index contributed by atoms with van der Waals surface area (Å²) in [6.45, 7) is 6.10. The van der Waals surface area contributed by atoms with Crippen molar-refractivity contribution in [3.8, 4) is 11.4 Å². The molecule has 0 saturated carbocycles. The van der Waals surface area contributed by atoms with Crippen molar-refractivity contribution in [2.45, 2.75) is 26.8 Å². The molecule has 1 amide bonds. The monoisotopic (exact) mass is 369 g/mol. The van der Waals surface area contributed by atoms with E-state index in [0.29, 0.717) is 10.7 Å². The van der Waals surface area contributed by atoms with Crippen LogP contribution in [-0.4, -0.2) is 33.9 Å². The maximum absolute atomic E-state index is 12.6. The summed E-state index contributed by atoms with van der Waals surface area (Å²) in [4.78, 5) is 27.3. The zero-order valence-corrected chi connectivity index (χ0v) is 16.0. The van der Waals surface area contributed by atoms with Crippen molar-refractivity contribution in [2.24, 2.45) is 0 Å². The summed E-state index contributed by atoms with van der Waals surface area (Å²) in [6, 6.07) is 9.66. The minimum absolute atomic E-state index is 0.0873. The van der Waals surface area contributed by atoms with Crippen molar-refractivity contribution in [3.05, 3.63) is 53.2 Å². The first kappa shape index (κ1) is 18.0. The maximum atomic E-state index is 12.6. The highest BCUT2D eigenvalue weighted by Gasteiger charge is 2.17. The van der Waals surface area contributed by atoms with Gasteiger partial charge in [-0.15, -0.1) is 11.3 Å². The zero-order chi connectivity index (χ0) is 18.7. The topological polar surface area (TPSA) is 71.0 Å². The Labute approximate surface area is 157 Å². The van der Waals surface area contributed by atoms with E-state index in [4.69, 9.17) is 0 Å². The number of rotatable bonds is 5. The molecule has 1 N–H and O–H groups in total. The smallest absolute Gasteiger partial charge is 0.259 e. The quantitative estimate of drug-likeness (QED) is 0.736. The van der Waals surface area contributed by atoms with Crippen LogP contribution in [0, 0.1) is 6.92 Å². The number of hydrogen-bond donors (Lipinski definition) is 1. The first-order valence-corrected chi connectivity index (χ1v) is 9.21. The second kappa shape index (κ2) is 7.61. The Morgan fingerprint density at radius 2 is 1.92 bits per heavy atom. The molecule has 0 spiro atoms. The fraction of sp³-hybridized carbons (Fsp3) is 0.263. The third-order valence-electron chi connectivity index (χ3n) is 3.75. The van der Waals surface area contributed by atoms with Crippen molar-refractivity contribution in [1.29, 1.82) is 0 Å². The van der Waals surface area contributed by atoms with Crippen LogP contribution in [0.15, 0.2) is 42.0 Å². The number of anilines is 2. The number of aryl methyl sites for hydroxylation is 1. The molecule has 0 atom stereocenters. The van der Waals surface area contributed by atoms with Gasteiger partial charge in [-0.3, -0.25) is 9.69 Å². The molecular weight excluding hydrogens is 348 g/mol. The zero-order valence-electron chi connectivity index (χ0n) is 15.2. The van der Waals surface area contributed by atoms with Gasteiger partial charge in [-0.2, -0.15) is 0 Å². The highest BCUT2D eigenvalue weighted by Crippen LogP contribution is 2.27. The van der Waals surface area contributed by atoms with E-state index in [-0.39, 0.29) is 11.9 Å². The lowest BCUT2D eigenvalue weighted by Crippen LogP contribution is -2.26. The Morgan fingerprint density at radius 1 is 1.19 bits per heavy atom. The molecule has 0 aliphatic carbocycles. The fourth-order valence-electron chi connectivity index (χ4n) is 2.38. The molecule has 6 nitrogen and oxygen atoms in total. The third kappa shape index (κ3) is 4.05. The first-order chi connectivity index (χ1) is 12.4. The van der Waals surface area contributed by atoms with Crippen LogP contribution >= 0.6 is 11.3 Å². The number of nitrogens with one attached hydrogen (secondary N) is 1. The SMILES string of the molecule is CC(C)Nc1cc(-c2csc(N(C)C(=O)c3ccc([14CH3])cc3)n2)ncn1. The molecule has 0 bridgehead atoms. The standard InChI is InChI=1S/C19H21N5OS/c1-12(2)22-17-9-15(20-11-21-17)16-10-26-19(23-16)24(4)18(25)14-7-5-13(3)6-8-14/h5-12H,1-4H3,(H,20,21,22)/i3+2. The summed E-state index contributed by atoms with van der Waals surface area (Å²) in [5.41, 5.74) is 3.21. The van der Waals surface area contributed by atoms with Gasteiger partial charge in [0.25, 0.3) is 5.91 Å². The van der Waals surface area contributed by atoms with E-state index in [1.54, 1.807) is 11.9 Å². The predicted molar refractivity (Wildman–Crippen MR) is 106 cm³/mol. The van der Waals surface area contributed by atoms with E-state index in [0.717, 1.165) is 22.8 Å². The summed E-state index contributed by atoms with van der Waals surface area (Å²) in [5.74, 6) is 0.666. The van der Waals surface area contributed by atoms with E-state index >= 15 is 0 Å². The molecule has 2 heterocycles. The van der Waals surface area contributed by atoms with Gasteiger partial charge >= 0.3 is 0 Å². The van der Waals surface area contributed by atoms with E-state index in [2.05, 4.69) is 20.3 Å². The predicted octanol–water partition coefficient (Wildman–Crippen LogP) is 4.01. The van der Waals surface area contributed by atoms with Crippen LogP contribution in [0.1, 0.15) is 29.8 Å².